The van der Waals surface area contributed by atoms with Crippen LogP contribution in [0.4, 0.5) is 34.1 Å². The van der Waals surface area contributed by atoms with Crippen molar-refractivity contribution in [1.29, 1.82) is 0 Å². The van der Waals surface area contributed by atoms with Gasteiger partial charge in [-0.3, -0.25) is 0 Å². The highest BCUT2D eigenvalue weighted by Crippen LogP contribution is 2.55. The van der Waals surface area contributed by atoms with Gasteiger partial charge in [-0.25, -0.2) is 15.0 Å². The van der Waals surface area contributed by atoms with E-state index in [1.807, 2.05) is 54.6 Å². The van der Waals surface area contributed by atoms with Gasteiger partial charge in [0, 0.05) is 94.3 Å². The molecular formula is C119H103BN8. The maximum atomic E-state index is 10.1. The second-order valence-corrected chi connectivity index (χ2v) is 39.9. The van der Waals surface area contributed by atoms with Gasteiger partial charge in [0.05, 0.1) is 61.1 Å². The third-order valence-corrected chi connectivity index (χ3v) is 26.5. The molecule has 8 nitrogen and oxygen atoms in total. The Morgan fingerprint density at radius 1 is 0.242 bits per heavy atom. The molecule has 0 saturated heterocycles. The number of hydrogen-bond donors (Lipinski definition) is 0. The minimum absolute atomic E-state index is 0.0142. The molecule has 0 saturated carbocycles. The Morgan fingerprint density at radius 2 is 0.594 bits per heavy atom. The van der Waals surface area contributed by atoms with Crippen molar-refractivity contribution in [3.05, 3.63) is 379 Å². The van der Waals surface area contributed by atoms with Crippen molar-refractivity contribution >= 4 is 123 Å². The number of hydrogen-bond acceptors (Lipinski definition) is 5. The van der Waals surface area contributed by atoms with E-state index in [9.17, 15) is 11.0 Å². The summed E-state index contributed by atoms with van der Waals surface area (Å²) in [6, 6.07) is 106. The maximum Gasteiger partial charge on any atom is 0.252 e. The van der Waals surface area contributed by atoms with Gasteiger partial charge in [-0.05, 0) is 215 Å². The lowest BCUT2D eigenvalue weighted by Gasteiger charge is -2.46. The predicted molar refractivity (Wildman–Crippen MR) is 543 cm³/mol. The highest BCUT2D eigenvalue weighted by molar-refractivity contribution is 7.00. The van der Waals surface area contributed by atoms with E-state index >= 15 is 0 Å². The van der Waals surface area contributed by atoms with Crippen molar-refractivity contribution in [3.63, 3.8) is 0 Å². The van der Waals surface area contributed by atoms with Crippen LogP contribution >= 0.6 is 0 Å². The quantitative estimate of drug-likeness (QED) is 0.121. The first-order valence-electron chi connectivity index (χ1n) is 48.6. The minimum atomic E-state index is -0.649. The predicted octanol–water partition coefficient (Wildman–Crippen LogP) is 29.7. The Hall–Kier alpha value is -14.4. The number of fused-ring (bicyclic) bond motifs is 13. The van der Waals surface area contributed by atoms with Crippen molar-refractivity contribution in [2.24, 2.45) is 0 Å². The zero-order chi connectivity index (χ0) is 94.7. The summed E-state index contributed by atoms with van der Waals surface area (Å²) < 4.78 is 83.8. The Balaban J connectivity index is 0.968. The summed E-state index contributed by atoms with van der Waals surface area (Å²) in [6.45, 7) is 33.6. The zero-order valence-electron chi connectivity index (χ0n) is 83.0. The molecule has 0 radical (unpaired) electrons. The SMILES string of the molecule is [2H]c1c([2H])c([2H])c2c(c1[2H])c1c([2H])c([2H])c([2H])c([2H])c1n2-c1ccc2c(c1)N(c1ccc(-c3ccccc3)cc1-c1ccccc1)c1cc(-n3c4ccc(C(C)(C)C)cc4c4cc(C(C)(C)C)ccc43)cc3c1B2c1ccc(-n2c4ccc(C(C)(C)C)cc4c4cc(C(C)(C)C)ccc42)cc1N3c1c(-c2ccccc2)cc(C(C)(C)C)cc1-c1nc(-c2ccccc2)nc(-c2ccccc2)n1. The summed E-state index contributed by atoms with van der Waals surface area (Å²) in [5.74, 6) is 1.47. The van der Waals surface area contributed by atoms with Gasteiger partial charge >= 0.3 is 0 Å². The van der Waals surface area contributed by atoms with Crippen LogP contribution in [0, 0.1) is 0 Å². The number of benzene rings is 16. The first-order valence-corrected chi connectivity index (χ1v) is 44.6. The first-order chi connectivity index (χ1) is 65.0. The topological polar surface area (TPSA) is 59.9 Å². The summed E-state index contributed by atoms with van der Waals surface area (Å²) in [4.78, 5) is 22.1. The van der Waals surface area contributed by atoms with E-state index in [0.717, 1.165) is 155 Å². The molecule has 0 fully saturated rings. The van der Waals surface area contributed by atoms with Gasteiger partial charge in [-0.15, -0.1) is 0 Å². The van der Waals surface area contributed by atoms with E-state index in [1.165, 1.54) is 22.3 Å². The van der Waals surface area contributed by atoms with Crippen LogP contribution in [0.2, 0.25) is 0 Å². The fourth-order valence-corrected chi connectivity index (χ4v) is 19.6. The molecule has 16 aromatic carbocycles. The lowest BCUT2D eigenvalue weighted by molar-refractivity contribution is 0.590. The van der Waals surface area contributed by atoms with E-state index < -0.39 is 60.5 Å². The third kappa shape index (κ3) is 13.3. The fourth-order valence-electron chi connectivity index (χ4n) is 19.6. The molecule has 0 amide bonds. The van der Waals surface area contributed by atoms with E-state index in [0.29, 0.717) is 28.8 Å². The standard InChI is InChI=1S/C119H103BN8/c1-115(2,3)80-50-59-102-92(64-80)93-65-81(116(4,5)6)51-60-103(93)125(102)86-55-57-98-107(71-86)128(111-91(76-39-25-18-26-40-76)68-84(119(13,14)15)69-96(111)114-122-112(77-41-27-19-28-42-77)121-113(123-114)78-43-29-20-30-44-78)109-73-87(126-104-61-52-82(117(7,8)9)66-94(104)95-67-83(118(10,11)12)53-62-105(95)126)72-108-110(109)120(98)97-56-54-85(124-99-47-33-31-45-88(99)89-46-32-34-48-100(89)124)70-106(97)127(108)101-58-49-79(74-35-21-16-22-36-74)63-90(101)75-37-23-17-24-38-75/h16-73H,1-15H3/i31D,32D,33D,34D,45D,46D,47D,48D. The van der Waals surface area contributed by atoms with E-state index in [1.54, 1.807) is 4.57 Å². The highest BCUT2D eigenvalue weighted by Gasteiger charge is 2.47. The summed E-state index contributed by atoms with van der Waals surface area (Å²) in [5, 5.41) is 4.45. The van der Waals surface area contributed by atoms with Gasteiger partial charge in [0.2, 0.25) is 0 Å². The minimum Gasteiger partial charge on any atom is -0.311 e. The van der Waals surface area contributed by atoms with Crippen molar-refractivity contribution in [3.8, 4) is 84.6 Å². The molecule has 0 unspecified atom stereocenters. The Morgan fingerprint density at radius 3 is 1.02 bits per heavy atom. The Bertz CT molecular complexity index is 8120. The molecule has 0 spiro atoms. The van der Waals surface area contributed by atoms with E-state index in [4.69, 9.17) is 15.0 Å². The number of aromatic nitrogens is 6. The van der Waals surface area contributed by atoms with E-state index in [-0.39, 0.29) is 43.5 Å². The highest BCUT2D eigenvalue weighted by atomic mass is 15.2. The third-order valence-electron chi connectivity index (χ3n) is 26.5. The normalized spacial score (nSPS) is 13.9. The molecule has 0 aliphatic carbocycles. The second kappa shape index (κ2) is 29.6. The van der Waals surface area contributed by atoms with Crippen LogP contribution < -0.4 is 26.2 Å². The molecule has 20 aromatic rings. The monoisotopic (exact) mass is 1660 g/mol. The lowest BCUT2D eigenvalue weighted by atomic mass is 9.33. The molecule has 22 rings (SSSR count). The molecule has 0 atom stereocenters. The molecule has 0 N–H and O–H groups in total. The molecule has 4 aromatic heterocycles. The van der Waals surface area contributed by atoms with Gasteiger partial charge < -0.3 is 23.5 Å². The average Bonchev–Trinajstić information content (AvgIpc) is 0.771. The maximum absolute atomic E-state index is 10.1. The second-order valence-electron chi connectivity index (χ2n) is 39.9. The molecule has 128 heavy (non-hydrogen) atoms. The largest absolute Gasteiger partial charge is 0.311 e. The van der Waals surface area contributed by atoms with Gasteiger partial charge in [0.1, 0.15) is 0 Å². The van der Waals surface area contributed by atoms with Gasteiger partial charge in [-0.2, -0.15) is 0 Å². The Kier molecular flexibility index (Phi) is 16.4. The lowest BCUT2D eigenvalue weighted by Crippen LogP contribution is -2.61. The summed E-state index contributed by atoms with van der Waals surface area (Å²) in [5.41, 5.74) is 26.6. The van der Waals surface area contributed by atoms with Crippen molar-refractivity contribution in [2.45, 2.75) is 131 Å². The number of nitrogens with zero attached hydrogens (tertiary/aromatic N) is 8. The zero-order valence-corrected chi connectivity index (χ0v) is 75.0. The molecule has 2 aliphatic heterocycles. The van der Waals surface area contributed by atoms with Gasteiger partial charge in [-0.1, -0.05) is 334 Å². The van der Waals surface area contributed by atoms with Crippen molar-refractivity contribution in [2.75, 3.05) is 9.80 Å². The molecule has 9 heteroatoms. The Labute approximate surface area is 762 Å². The van der Waals surface area contributed by atoms with E-state index in [2.05, 4.69) is 372 Å². The first kappa shape index (κ1) is 70.8. The van der Waals surface area contributed by atoms with Gasteiger partial charge in [0.15, 0.2) is 17.5 Å². The average molecular weight is 1660 g/mol. The summed E-state index contributed by atoms with van der Waals surface area (Å²) in [6.07, 6.45) is 0. The summed E-state index contributed by atoms with van der Waals surface area (Å²) >= 11 is 0. The van der Waals surface area contributed by atoms with Crippen LogP contribution in [0.15, 0.2) is 352 Å². The molecule has 622 valence electrons. The number of rotatable bonds is 11. The van der Waals surface area contributed by atoms with Gasteiger partial charge in [0.25, 0.3) is 6.71 Å². The summed E-state index contributed by atoms with van der Waals surface area (Å²) in [7, 11) is 0. The smallest absolute Gasteiger partial charge is 0.252 e. The molecule has 6 heterocycles. The number of para-hydroxylation sites is 2. The van der Waals surface area contributed by atoms with Crippen molar-refractivity contribution in [1.82, 2.24) is 28.7 Å². The van der Waals surface area contributed by atoms with Crippen LogP contribution in [-0.4, -0.2) is 35.4 Å². The number of anilines is 6. The molecular weight excluding hydrogens is 1550 g/mol. The molecule has 0 bridgehead atoms. The van der Waals surface area contributed by atoms with Crippen molar-refractivity contribution < 1.29 is 11.0 Å². The van der Waals surface area contributed by atoms with Crippen LogP contribution in [-0.2, 0) is 27.1 Å². The fraction of sp³-hybridized carbons (Fsp3) is 0.168. The van der Waals surface area contributed by atoms with Crippen LogP contribution in [0.3, 0.4) is 0 Å². The van der Waals surface area contributed by atoms with Crippen LogP contribution in [0.25, 0.3) is 150 Å². The molecule has 2 aliphatic rings. The van der Waals surface area contributed by atoms with Crippen LogP contribution in [0.1, 0.15) is 143 Å². The van der Waals surface area contributed by atoms with Crippen LogP contribution in [0.5, 0.6) is 0 Å².